The van der Waals surface area contributed by atoms with E-state index in [-0.39, 0.29) is 12.1 Å². The smallest absolute Gasteiger partial charge is 0.0689 e. The summed E-state index contributed by atoms with van der Waals surface area (Å²) in [6.07, 6.45) is 0.652. The molecule has 9 heavy (non-hydrogen) atoms. The SMILES string of the molecule is CCC(O)C(C)N(C)C. The maximum absolute atomic E-state index is 9.26. The first-order valence-corrected chi connectivity index (χ1v) is 3.44. The molecule has 0 aliphatic rings. The number of hydrogen-bond donors (Lipinski definition) is 1. The molecule has 2 heteroatoms. The van der Waals surface area contributed by atoms with Crippen molar-refractivity contribution in [1.82, 2.24) is 4.90 Å². The molecule has 0 aromatic carbocycles. The number of aliphatic hydroxyl groups is 1. The van der Waals surface area contributed by atoms with Crippen molar-refractivity contribution in [2.24, 2.45) is 0 Å². The van der Waals surface area contributed by atoms with Gasteiger partial charge in [0.1, 0.15) is 0 Å². The average molecular weight is 131 g/mol. The zero-order valence-corrected chi connectivity index (χ0v) is 6.76. The molecule has 0 aliphatic carbocycles. The molecule has 0 aliphatic heterocycles. The molecule has 0 heterocycles. The molecule has 0 aromatic rings. The molecule has 1 N–H and O–H groups in total. The highest BCUT2D eigenvalue weighted by molar-refractivity contribution is 4.67. The van der Waals surface area contributed by atoms with Crippen molar-refractivity contribution < 1.29 is 5.11 Å². The van der Waals surface area contributed by atoms with Crippen molar-refractivity contribution in [3.63, 3.8) is 0 Å². The van der Waals surface area contributed by atoms with Crippen LogP contribution >= 0.6 is 0 Å². The average Bonchev–Trinajstić information content (AvgIpc) is 1.84. The molecular formula is C7H17NO. The first-order valence-electron chi connectivity index (χ1n) is 3.44. The molecule has 0 amide bonds. The lowest BCUT2D eigenvalue weighted by molar-refractivity contribution is 0.0828. The summed E-state index contributed by atoms with van der Waals surface area (Å²) in [4.78, 5) is 2.02. The Kier molecular flexibility index (Phi) is 3.82. The summed E-state index contributed by atoms with van der Waals surface area (Å²) < 4.78 is 0. The topological polar surface area (TPSA) is 23.5 Å². The van der Waals surface area contributed by atoms with Crippen LogP contribution in [0.3, 0.4) is 0 Å². The third-order valence-electron chi connectivity index (χ3n) is 1.79. The highest BCUT2D eigenvalue weighted by Gasteiger charge is 2.12. The van der Waals surface area contributed by atoms with Gasteiger partial charge in [0.25, 0.3) is 0 Å². The van der Waals surface area contributed by atoms with Gasteiger partial charge in [0, 0.05) is 6.04 Å². The van der Waals surface area contributed by atoms with E-state index in [4.69, 9.17) is 0 Å². The zero-order valence-electron chi connectivity index (χ0n) is 6.76. The van der Waals surface area contributed by atoms with Crippen LogP contribution in [0.2, 0.25) is 0 Å². The Labute approximate surface area is 57.5 Å². The van der Waals surface area contributed by atoms with Crippen molar-refractivity contribution in [2.45, 2.75) is 32.4 Å². The van der Waals surface area contributed by atoms with Gasteiger partial charge < -0.3 is 10.0 Å². The highest BCUT2D eigenvalue weighted by Crippen LogP contribution is 2.01. The lowest BCUT2D eigenvalue weighted by atomic mass is 10.1. The fourth-order valence-electron chi connectivity index (χ4n) is 0.685. The number of likely N-dealkylation sites (N-methyl/N-ethyl adjacent to an activating group) is 1. The molecule has 0 bridgehead atoms. The first kappa shape index (κ1) is 8.92. The largest absolute Gasteiger partial charge is 0.392 e. The fourth-order valence-corrected chi connectivity index (χ4v) is 0.685. The summed E-state index contributed by atoms with van der Waals surface area (Å²) >= 11 is 0. The summed E-state index contributed by atoms with van der Waals surface area (Å²) in [6.45, 7) is 4.01. The van der Waals surface area contributed by atoms with Crippen LogP contribution in [0.5, 0.6) is 0 Å². The van der Waals surface area contributed by atoms with Crippen LogP contribution in [0.25, 0.3) is 0 Å². The Balaban J connectivity index is 3.58. The second kappa shape index (κ2) is 3.85. The van der Waals surface area contributed by atoms with E-state index in [0.717, 1.165) is 6.42 Å². The lowest BCUT2D eigenvalue weighted by Gasteiger charge is -2.23. The molecule has 56 valence electrons. The van der Waals surface area contributed by atoms with Crippen LogP contribution in [0.15, 0.2) is 0 Å². The maximum Gasteiger partial charge on any atom is 0.0689 e. The van der Waals surface area contributed by atoms with E-state index in [1.807, 2.05) is 32.8 Å². The molecule has 0 radical (unpaired) electrons. The molecule has 0 aromatic heterocycles. The Morgan fingerprint density at radius 2 is 1.89 bits per heavy atom. The van der Waals surface area contributed by atoms with Gasteiger partial charge in [-0.2, -0.15) is 0 Å². The molecule has 2 nitrogen and oxygen atoms in total. The second-order valence-corrected chi connectivity index (χ2v) is 2.68. The maximum atomic E-state index is 9.26. The van der Waals surface area contributed by atoms with Crippen LogP contribution < -0.4 is 0 Å². The Bertz CT molecular complexity index is 73.3. The minimum absolute atomic E-state index is 0.181. The Morgan fingerprint density at radius 3 is 2.00 bits per heavy atom. The quantitative estimate of drug-likeness (QED) is 0.609. The third-order valence-corrected chi connectivity index (χ3v) is 1.79. The third kappa shape index (κ3) is 2.82. The number of hydrogen-bond acceptors (Lipinski definition) is 2. The van der Waals surface area contributed by atoms with E-state index in [9.17, 15) is 5.11 Å². The number of rotatable bonds is 3. The first-order chi connectivity index (χ1) is 4.09. The van der Waals surface area contributed by atoms with Gasteiger partial charge in [-0.05, 0) is 27.4 Å². The summed E-state index contributed by atoms with van der Waals surface area (Å²) in [6, 6.07) is 0.273. The van der Waals surface area contributed by atoms with Crippen LogP contribution in [-0.4, -0.2) is 36.2 Å². The summed E-state index contributed by atoms with van der Waals surface area (Å²) in [5.74, 6) is 0. The standard InChI is InChI=1S/C7H17NO/c1-5-7(9)6(2)8(3)4/h6-7,9H,5H2,1-4H3. The van der Waals surface area contributed by atoms with Gasteiger partial charge in [-0.15, -0.1) is 0 Å². The lowest BCUT2D eigenvalue weighted by Crippen LogP contribution is -2.35. The van der Waals surface area contributed by atoms with Crippen LogP contribution in [0.1, 0.15) is 20.3 Å². The molecule has 0 saturated carbocycles. The summed E-state index contributed by atoms with van der Waals surface area (Å²) in [5, 5.41) is 9.26. The summed E-state index contributed by atoms with van der Waals surface area (Å²) in [5.41, 5.74) is 0. The van der Waals surface area contributed by atoms with Crippen molar-refractivity contribution >= 4 is 0 Å². The van der Waals surface area contributed by atoms with Crippen LogP contribution in [0.4, 0.5) is 0 Å². The van der Waals surface area contributed by atoms with E-state index in [0.29, 0.717) is 0 Å². The van der Waals surface area contributed by atoms with E-state index in [2.05, 4.69) is 0 Å². The van der Waals surface area contributed by atoms with E-state index >= 15 is 0 Å². The molecule has 0 fully saturated rings. The van der Waals surface area contributed by atoms with Gasteiger partial charge >= 0.3 is 0 Å². The Hall–Kier alpha value is -0.0800. The van der Waals surface area contributed by atoms with Crippen LogP contribution in [0, 0.1) is 0 Å². The predicted molar refractivity (Wildman–Crippen MR) is 39.4 cm³/mol. The van der Waals surface area contributed by atoms with E-state index < -0.39 is 0 Å². The van der Waals surface area contributed by atoms with Crippen molar-refractivity contribution in [3.8, 4) is 0 Å². The molecule has 2 atom stereocenters. The molecule has 2 unspecified atom stereocenters. The van der Waals surface area contributed by atoms with Crippen molar-refractivity contribution in [1.29, 1.82) is 0 Å². The summed E-state index contributed by atoms with van der Waals surface area (Å²) in [7, 11) is 3.95. The van der Waals surface area contributed by atoms with Gasteiger partial charge in [0.05, 0.1) is 6.10 Å². The monoisotopic (exact) mass is 131 g/mol. The van der Waals surface area contributed by atoms with E-state index in [1.165, 1.54) is 0 Å². The zero-order chi connectivity index (χ0) is 7.44. The molecule has 0 spiro atoms. The van der Waals surface area contributed by atoms with Gasteiger partial charge in [-0.1, -0.05) is 6.92 Å². The normalized spacial score (nSPS) is 18.0. The molecular weight excluding hydrogens is 114 g/mol. The molecule has 0 saturated heterocycles. The number of aliphatic hydroxyl groups excluding tert-OH is 1. The van der Waals surface area contributed by atoms with Gasteiger partial charge in [-0.3, -0.25) is 0 Å². The number of nitrogens with zero attached hydrogens (tertiary/aromatic N) is 1. The van der Waals surface area contributed by atoms with Gasteiger partial charge in [0.2, 0.25) is 0 Å². The second-order valence-electron chi connectivity index (χ2n) is 2.68. The Morgan fingerprint density at radius 1 is 1.44 bits per heavy atom. The van der Waals surface area contributed by atoms with Gasteiger partial charge in [0.15, 0.2) is 0 Å². The molecule has 0 rings (SSSR count). The van der Waals surface area contributed by atoms with Crippen molar-refractivity contribution in [2.75, 3.05) is 14.1 Å². The highest BCUT2D eigenvalue weighted by atomic mass is 16.3. The minimum Gasteiger partial charge on any atom is -0.392 e. The fraction of sp³-hybridized carbons (Fsp3) is 1.00. The van der Waals surface area contributed by atoms with Crippen LogP contribution in [-0.2, 0) is 0 Å². The van der Waals surface area contributed by atoms with Crippen molar-refractivity contribution in [3.05, 3.63) is 0 Å². The minimum atomic E-state index is -0.181. The predicted octanol–water partition coefficient (Wildman–Crippen LogP) is 0.707. The van der Waals surface area contributed by atoms with E-state index in [1.54, 1.807) is 0 Å². The van der Waals surface area contributed by atoms with Gasteiger partial charge in [-0.25, -0.2) is 0 Å².